The number of nitrogens with zero attached hydrogens (tertiary/aromatic N) is 1. The molecule has 0 aliphatic rings. The fourth-order valence-corrected chi connectivity index (χ4v) is 2.49. The van der Waals surface area contributed by atoms with Crippen LogP contribution in [0.25, 0.3) is 0 Å². The van der Waals surface area contributed by atoms with Crippen molar-refractivity contribution in [2.45, 2.75) is 5.75 Å². The molecule has 0 radical (unpaired) electrons. The standard InChI is InChI=1S/C15H13FN2O3S/c16-12-3-5-13(6-4-12)17-15(19)10-22-9-11-1-7-14(8-2-11)18(20)21/h1-8H,9-10H2,(H,17,19). The van der Waals surface area contributed by atoms with E-state index in [4.69, 9.17) is 0 Å². The Morgan fingerprint density at radius 1 is 1.14 bits per heavy atom. The highest BCUT2D eigenvalue weighted by Gasteiger charge is 2.06. The smallest absolute Gasteiger partial charge is 0.269 e. The largest absolute Gasteiger partial charge is 0.325 e. The molecule has 1 amide bonds. The second-order valence-electron chi connectivity index (χ2n) is 4.47. The van der Waals surface area contributed by atoms with Crippen LogP contribution in [0.2, 0.25) is 0 Å². The zero-order valence-corrected chi connectivity index (χ0v) is 12.3. The summed E-state index contributed by atoms with van der Waals surface area (Å²) in [4.78, 5) is 21.8. The lowest BCUT2D eigenvalue weighted by atomic mass is 10.2. The number of nitrogens with one attached hydrogen (secondary N) is 1. The number of thioether (sulfide) groups is 1. The number of hydrogen-bond acceptors (Lipinski definition) is 4. The highest BCUT2D eigenvalue weighted by atomic mass is 32.2. The van der Waals surface area contributed by atoms with Crippen LogP contribution in [0.5, 0.6) is 0 Å². The Bertz CT molecular complexity index is 659. The van der Waals surface area contributed by atoms with Gasteiger partial charge in [-0.25, -0.2) is 4.39 Å². The minimum Gasteiger partial charge on any atom is -0.325 e. The predicted octanol–water partition coefficient (Wildman–Crippen LogP) is 3.61. The van der Waals surface area contributed by atoms with Crippen LogP contribution in [0.3, 0.4) is 0 Å². The molecule has 0 aliphatic carbocycles. The van der Waals surface area contributed by atoms with Gasteiger partial charge in [0.15, 0.2) is 0 Å². The zero-order chi connectivity index (χ0) is 15.9. The van der Waals surface area contributed by atoms with E-state index in [1.165, 1.54) is 48.2 Å². The van der Waals surface area contributed by atoms with E-state index in [0.717, 1.165) is 5.56 Å². The SMILES string of the molecule is O=C(CSCc1ccc([N+](=O)[O-])cc1)Nc1ccc(F)cc1. The number of rotatable bonds is 6. The molecule has 114 valence electrons. The number of non-ortho nitro benzene ring substituents is 1. The Kier molecular flexibility index (Phi) is 5.48. The molecule has 0 aliphatic heterocycles. The molecule has 0 unspecified atom stereocenters. The summed E-state index contributed by atoms with van der Waals surface area (Å²) in [5.74, 6) is 0.285. The van der Waals surface area contributed by atoms with Gasteiger partial charge in [0.2, 0.25) is 5.91 Å². The van der Waals surface area contributed by atoms with Crippen LogP contribution in [-0.4, -0.2) is 16.6 Å². The maximum Gasteiger partial charge on any atom is 0.269 e. The van der Waals surface area contributed by atoms with Gasteiger partial charge in [-0.05, 0) is 29.8 Å². The van der Waals surface area contributed by atoms with Crippen molar-refractivity contribution in [3.05, 3.63) is 70.0 Å². The quantitative estimate of drug-likeness (QED) is 0.652. The van der Waals surface area contributed by atoms with Crippen molar-refractivity contribution in [2.24, 2.45) is 0 Å². The molecule has 22 heavy (non-hydrogen) atoms. The molecule has 1 N–H and O–H groups in total. The number of carbonyl (C=O) groups is 1. The lowest BCUT2D eigenvalue weighted by Crippen LogP contribution is -2.14. The molecule has 0 fully saturated rings. The van der Waals surface area contributed by atoms with E-state index in [9.17, 15) is 19.3 Å². The number of carbonyl (C=O) groups excluding carboxylic acids is 1. The number of anilines is 1. The molecular formula is C15H13FN2O3S. The average molecular weight is 320 g/mol. The highest BCUT2D eigenvalue weighted by molar-refractivity contribution is 7.99. The molecule has 0 heterocycles. The van der Waals surface area contributed by atoms with Crippen molar-refractivity contribution < 1.29 is 14.1 Å². The third-order valence-corrected chi connectivity index (χ3v) is 3.78. The number of nitro benzene ring substituents is 1. The Balaban J connectivity index is 1.77. The second kappa shape index (κ2) is 7.56. The monoisotopic (exact) mass is 320 g/mol. The van der Waals surface area contributed by atoms with E-state index < -0.39 is 4.92 Å². The molecule has 5 nitrogen and oxygen atoms in total. The van der Waals surface area contributed by atoms with E-state index in [1.54, 1.807) is 12.1 Å². The van der Waals surface area contributed by atoms with Crippen LogP contribution < -0.4 is 5.32 Å². The maximum absolute atomic E-state index is 12.7. The summed E-state index contributed by atoms with van der Waals surface area (Å²) in [6, 6.07) is 11.8. The summed E-state index contributed by atoms with van der Waals surface area (Å²) in [7, 11) is 0. The first-order chi connectivity index (χ1) is 10.5. The lowest BCUT2D eigenvalue weighted by molar-refractivity contribution is -0.384. The molecule has 0 atom stereocenters. The topological polar surface area (TPSA) is 72.2 Å². The Morgan fingerprint density at radius 2 is 1.77 bits per heavy atom. The van der Waals surface area contributed by atoms with Gasteiger partial charge in [0.1, 0.15) is 5.82 Å². The number of benzene rings is 2. The first kappa shape index (κ1) is 16.0. The Hall–Kier alpha value is -2.41. The van der Waals surface area contributed by atoms with Gasteiger partial charge in [-0.1, -0.05) is 12.1 Å². The van der Waals surface area contributed by atoms with Crippen LogP contribution >= 0.6 is 11.8 Å². The van der Waals surface area contributed by atoms with Crippen LogP contribution in [0.4, 0.5) is 15.8 Å². The fraction of sp³-hybridized carbons (Fsp3) is 0.133. The van der Waals surface area contributed by atoms with Gasteiger partial charge in [-0.2, -0.15) is 0 Å². The molecule has 2 aromatic carbocycles. The van der Waals surface area contributed by atoms with Crippen molar-refractivity contribution >= 4 is 29.0 Å². The van der Waals surface area contributed by atoms with E-state index in [0.29, 0.717) is 11.4 Å². The van der Waals surface area contributed by atoms with E-state index in [1.807, 2.05) is 0 Å². The van der Waals surface area contributed by atoms with Gasteiger partial charge in [0, 0.05) is 23.6 Å². The molecule has 0 aromatic heterocycles. The van der Waals surface area contributed by atoms with Crippen molar-refractivity contribution in [3.8, 4) is 0 Å². The molecule has 2 aromatic rings. The van der Waals surface area contributed by atoms with Crippen LogP contribution in [0, 0.1) is 15.9 Å². The molecule has 0 spiro atoms. The molecule has 0 saturated carbocycles. The van der Waals surface area contributed by atoms with Crippen molar-refractivity contribution in [2.75, 3.05) is 11.1 Å². The van der Waals surface area contributed by atoms with Crippen molar-refractivity contribution in [1.82, 2.24) is 0 Å². The van der Waals surface area contributed by atoms with Crippen molar-refractivity contribution in [1.29, 1.82) is 0 Å². The summed E-state index contributed by atoms with van der Waals surface area (Å²) < 4.78 is 12.7. The zero-order valence-electron chi connectivity index (χ0n) is 11.5. The van der Waals surface area contributed by atoms with E-state index >= 15 is 0 Å². The number of amides is 1. The second-order valence-corrected chi connectivity index (χ2v) is 5.46. The Labute approximate surface area is 130 Å². The summed E-state index contributed by atoms with van der Waals surface area (Å²) in [5.41, 5.74) is 1.50. The minimum atomic E-state index is -0.451. The molecule has 0 saturated heterocycles. The van der Waals surface area contributed by atoms with Crippen LogP contribution in [0.1, 0.15) is 5.56 Å². The van der Waals surface area contributed by atoms with E-state index in [-0.39, 0.29) is 23.2 Å². The van der Waals surface area contributed by atoms with Gasteiger partial charge >= 0.3 is 0 Å². The van der Waals surface area contributed by atoms with Crippen LogP contribution in [-0.2, 0) is 10.5 Å². The number of nitro groups is 1. The summed E-state index contributed by atoms with van der Waals surface area (Å²) in [6.07, 6.45) is 0. The summed E-state index contributed by atoms with van der Waals surface area (Å²) in [5, 5.41) is 13.2. The number of halogens is 1. The summed E-state index contributed by atoms with van der Waals surface area (Å²) in [6.45, 7) is 0. The third kappa shape index (κ3) is 4.85. The first-order valence-electron chi connectivity index (χ1n) is 6.41. The van der Waals surface area contributed by atoms with Gasteiger partial charge in [0.25, 0.3) is 5.69 Å². The van der Waals surface area contributed by atoms with Gasteiger partial charge < -0.3 is 5.32 Å². The molecular weight excluding hydrogens is 307 g/mol. The molecule has 0 bridgehead atoms. The fourth-order valence-electron chi connectivity index (χ4n) is 1.71. The Morgan fingerprint density at radius 3 is 2.36 bits per heavy atom. The van der Waals surface area contributed by atoms with Crippen molar-refractivity contribution in [3.63, 3.8) is 0 Å². The predicted molar refractivity (Wildman–Crippen MR) is 84.3 cm³/mol. The average Bonchev–Trinajstić information content (AvgIpc) is 2.50. The number of hydrogen-bond donors (Lipinski definition) is 1. The lowest BCUT2D eigenvalue weighted by Gasteiger charge is -2.05. The van der Waals surface area contributed by atoms with Gasteiger partial charge in [-0.3, -0.25) is 14.9 Å². The molecule has 7 heteroatoms. The van der Waals surface area contributed by atoms with Gasteiger partial charge in [-0.15, -0.1) is 11.8 Å². The normalized spacial score (nSPS) is 10.2. The van der Waals surface area contributed by atoms with E-state index in [2.05, 4.69) is 5.32 Å². The third-order valence-electron chi connectivity index (χ3n) is 2.78. The maximum atomic E-state index is 12.7. The van der Waals surface area contributed by atoms with Gasteiger partial charge in [0.05, 0.1) is 10.7 Å². The first-order valence-corrected chi connectivity index (χ1v) is 7.56. The minimum absolute atomic E-state index is 0.0443. The summed E-state index contributed by atoms with van der Waals surface area (Å²) >= 11 is 1.40. The highest BCUT2D eigenvalue weighted by Crippen LogP contribution is 2.17. The molecule has 2 rings (SSSR count). The van der Waals surface area contributed by atoms with Crippen LogP contribution in [0.15, 0.2) is 48.5 Å².